The van der Waals surface area contributed by atoms with Crippen LogP contribution in [0.15, 0.2) is 16.9 Å². The van der Waals surface area contributed by atoms with Crippen molar-refractivity contribution in [2.45, 2.75) is 46.1 Å². The number of carbonyl (C=O) groups excluding carboxylic acids is 1. The minimum absolute atomic E-state index is 0.00313. The highest BCUT2D eigenvalue weighted by atomic mass is 35.5. The summed E-state index contributed by atoms with van der Waals surface area (Å²) in [5.74, 6) is 0.311. The van der Waals surface area contributed by atoms with Crippen LogP contribution in [0.25, 0.3) is 0 Å². The predicted molar refractivity (Wildman–Crippen MR) is 69.6 cm³/mol. The van der Waals surface area contributed by atoms with E-state index in [4.69, 9.17) is 11.6 Å². The second-order valence-corrected chi connectivity index (χ2v) is 4.76. The smallest absolute Gasteiger partial charge is 0.253 e. The van der Waals surface area contributed by atoms with Crippen LogP contribution in [-0.2, 0) is 17.8 Å². The number of hydrogen-bond acceptors (Lipinski definition) is 2. The lowest BCUT2D eigenvalue weighted by atomic mass is 10.1. The molecule has 1 aromatic heterocycles. The van der Waals surface area contributed by atoms with E-state index in [0.717, 1.165) is 5.69 Å². The summed E-state index contributed by atoms with van der Waals surface area (Å²) in [5, 5.41) is -0.402. The van der Waals surface area contributed by atoms with E-state index in [1.165, 1.54) is 0 Å². The Bertz CT molecular complexity index is 463. The fourth-order valence-electron chi connectivity index (χ4n) is 1.89. The van der Waals surface area contributed by atoms with Crippen molar-refractivity contribution >= 4 is 16.8 Å². The molecule has 0 spiro atoms. The quantitative estimate of drug-likeness (QED) is 0.759. The third kappa shape index (κ3) is 3.43. The van der Waals surface area contributed by atoms with Crippen molar-refractivity contribution in [2.75, 3.05) is 0 Å². The molecule has 0 N–H and O–H groups in total. The van der Waals surface area contributed by atoms with E-state index in [2.05, 4.69) is 13.8 Å². The number of nitrogens with zero attached hydrogens (tertiary/aromatic N) is 1. The largest absolute Gasteiger partial charge is 0.312 e. The zero-order valence-electron chi connectivity index (χ0n) is 10.5. The maximum atomic E-state index is 12.1. The first-order valence-electron chi connectivity index (χ1n) is 5.88. The normalized spacial score (nSPS) is 10.9. The maximum absolute atomic E-state index is 12.1. The summed E-state index contributed by atoms with van der Waals surface area (Å²) in [4.78, 5) is 22.9. The Balaban J connectivity index is 3.11. The summed E-state index contributed by atoms with van der Waals surface area (Å²) in [6.45, 7) is 6.71. The molecule has 4 heteroatoms. The van der Waals surface area contributed by atoms with Crippen LogP contribution in [-0.4, -0.2) is 9.81 Å². The highest BCUT2D eigenvalue weighted by Gasteiger charge is 2.10. The van der Waals surface area contributed by atoms with E-state index in [9.17, 15) is 9.59 Å². The lowest BCUT2D eigenvalue weighted by Crippen LogP contribution is -2.26. The van der Waals surface area contributed by atoms with Gasteiger partial charge >= 0.3 is 0 Å². The summed E-state index contributed by atoms with van der Waals surface area (Å²) < 4.78 is 1.76. The van der Waals surface area contributed by atoms with Gasteiger partial charge in [-0.1, -0.05) is 19.9 Å². The summed E-state index contributed by atoms with van der Waals surface area (Å²) in [6, 6.07) is 3.77. The molecule has 1 rings (SSSR count). The van der Waals surface area contributed by atoms with Gasteiger partial charge in [-0.3, -0.25) is 9.59 Å². The van der Waals surface area contributed by atoms with Crippen LogP contribution >= 0.6 is 11.6 Å². The summed E-state index contributed by atoms with van der Waals surface area (Å²) >= 11 is 5.29. The molecular formula is C13H18ClNO2. The van der Waals surface area contributed by atoms with Crippen molar-refractivity contribution in [1.82, 2.24) is 4.57 Å². The fraction of sp³-hybridized carbons (Fsp3) is 0.538. The van der Waals surface area contributed by atoms with Gasteiger partial charge in [-0.05, 0) is 36.9 Å². The highest BCUT2D eigenvalue weighted by molar-refractivity contribution is 6.63. The van der Waals surface area contributed by atoms with Crippen LogP contribution in [0.2, 0.25) is 0 Å². The zero-order chi connectivity index (χ0) is 13.0. The van der Waals surface area contributed by atoms with Gasteiger partial charge in [0.15, 0.2) is 0 Å². The van der Waals surface area contributed by atoms with Crippen molar-refractivity contribution < 1.29 is 4.79 Å². The topological polar surface area (TPSA) is 39.1 Å². The molecule has 0 aliphatic rings. The van der Waals surface area contributed by atoms with E-state index >= 15 is 0 Å². The van der Waals surface area contributed by atoms with Crippen molar-refractivity contribution in [3.05, 3.63) is 33.7 Å². The number of halogens is 1. The van der Waals surface area contributed by atoms with Crippen molar-refractivity contribution in [3.63, 3.8) is 0 Å². The molecule has 0 saturated heterocycles. The second kappa shape index (κ2) is 6.01. The SMILES string of the molecule is CCn1c(C(C)C)ccc(CCC(=O)Cl)c1=O. The van der Waals surface area contributed by atoms with Gasteiger partial charge in [-0.2, -0.15) is 0 Å². The Hall–Kier alpha value is -1.09. The second-order valence-electron chi connectivity index (χ2n) is 4.34. The van der Waals surface area contributed by atoms with E-state index in [1.807, 2.05) is 19.1 Å². The fourth-order valence-corrected chi connectivity index (χ4v) is 1.99. The molecule has 0 radical (unpaired) electrons. The van der Waals surface area contributed by atoms with Gasteiger partial charge in [0.2, 0.25) is 5.24 Å². The lowest BCUT2D eigenvalue weighted by molar-refractivity contribution is -0.111. The molecule has 94 valence electrons. The summed E-state index contributed by atoms with van der Waals surface area (Å²) in [5.41, 5.74) is 1.68. The molecule has 1 heterocycles. The zero-order valence-corrected chi connectivity index (χ0v) is 11.3. The molecule has 0 bridgehead atoms. The Morgan fingerprint density at radius 3 is 2.53 bits per heavy atom. The van der Waals surface area contributed by atoms with Gasteiger partial charge in [0.05, 0.1) is 0 Å². The van der Waals surface area contributed by atoms with Crippen molar-refractivity contribution in [1.29, 1.82) is 0 Å². The van der Waals surface area contributed by atoms with Crippen LogP contribution in [0.3, 0.4) is 0 Å². The van der Waals surface area contributed by atoms with Gasteiger partial charge in [0, 0.05) is 24.2 Å². The Morgan fingerprint density at radius 2 is 2.06 bits per heavy atom. The number of pyridine rings is 1. The van der Waals surface area contributed by atoms with E-state index in [0.29, 0.717) is 24.4 Å². The predicted octanol–water partition coefficient (Wildman–Crippen LogP) is 2.69. The van der Waals surface area contributed by atoms with Crippen molar-refractivity contribution in [2.24, 2.45) is 0 Å². The maximum Gasteiger partial charge on any atom is 0.253 e. The molecule has 0 fully saturated rings. The molecule has 0 atom stereocenters. The first kappa shape index (κ1) is 14.0. The average molecular weight is 256 g/mol. The molecule has 1 aromatic rings. The van der Waals surface area contributed by atoms with Gasteiger partial charge in [-0.25, -0.2) is 0 Å². The number of hydrogen-bond donors (Lipinski definition) is 0. The molecule has 0 saturated carbocycles. The van der Waals surface area contributed by atoms with Gasteiger partial charge < -0.3 is 4.57 Å². The van der Waals surface area contributed by atoms with Gasteiger partial charge in [0.25, 0.3) is 5.56 Å². The molecule has 0 aliphatic carbocycles. The Kier molecular flexibility index (Phi) is 4.94. The lowest BCUT2D eigenvalue weighted by Gasteiger charge is -2.15. The summed E-state index contributed by atoms with van der Waals surface area (Å²) in [7, 11) is 0. The van der Waals surface area contributed by atoms with E-state index in [1.54, 1.807) is 4.57 Å². The standard InChI is InChI=1S/C13H18ClNO2/c1-4-15-11(9(2)3)7-5-10(13(15)17)6-8-12(14)16/h5,7,9H,4,6,8H2,1-3H3. The number of rotatable bonds is 5. The first-order valence-corrected chi connectivity index (χ1v) is 6.26. The Labute approximate surface area is 106 Å². The number of aryl methyl sites for hydroxylation is 1. The van der Waals surface area contributed by atoms with Crippen LogP contribution in [0.1, 0.15) is 44.4 Å². The molecule has 3 nitrogen and oxygen atoms in total. The first-order chi connectivity index (χ1) is 7.97. The highest BCUT2D eigenvalue weighted by Crippen LogP contribution is 2.13. The number of aromatic nitrogens is 1. The van der Waals surface area contributed by atoms with Gasteiger partial charge in [0.1, 0.15) is 0 Å². The van der Waals surface area contributed by atoms with E-state index in [-0.39, 0.29) is 12.0 Å². The van der Waals surface area contributed by atoms with Crippen LogP contribution in [0, 0.1) is 0 Å². The molecule has 0 amide bonds. The molecule has 17 heavy (non-hydrogen) atoms. The monoisotopic (exact) mass is 255 g/mol. The third-order valence-corrected chi connectivity index (χ3v) is 2.97. The Morgan fingerprint density at radius 1 is 1.41 bits per heavy atom. The third-order valence-electron chi connectivity index (χ3n) is 2.79. The molecule has 0 aromatic carbocycles. The average Bonchev–Trinajstić information content (AvgIpc) is 2.26. The van der Waals surface area contributed by atoms with Gasteiger partial charge in [-0.15, -0.1) is 0 Å². The molecule has 0 aliphatic heterocycles. The number of carbonyl (C=O) groups is 1. The van der Waals surface area contributed by atoms with E-state index < -0.39 is 5.24 Å². The van der Waals surface area contributed by atoms with Crippen LogP contribution in [0.4, 0.5) is 0 Å². The molecular weight excluding hydrogens is 238 g/mol. The minimum Gasteiger partial charge on any atom is -0.312 e. The van der Waals surface area contributed by atoms with Crippen molar-refractivity contribution in [3.8, 4) is 0 Å². The molecule has 0 unspecified atom stereocenters. The van der Waals surface area contributed by atoms with Crippen LogP contribution < -0.4 is 5.56 Å². The summed E-state index contributed by atoms with van der Waals surface area (Å²) in [6.07, 6.45) is 0.626. The minimum atomic E-state index is -0.402. The van der Waals surface area contributed by atoms with Crippen LogP contribution in [0.5, 0.6) is 0 Å².